The van der Waals surface area contributed by atoms with Gasteiger partial charge in [-0.15, -0.1) is 0 Å². The van der Waals surface area contributed by atoms with Crippen LogP contribution < -0.4 is 11.2 Å². The Bertz CT molecular complexity index is 169. The fraction of sp³-hybridized carbons (Fsp3) is 0.667. The van der Waals surface area contributed by atoms with Gasteiger partial charge in [0.05, 0.1) is 12.6 Å². The van der Waals surface area contributed by atoms with Crippen LogP contribution in [0.4, 0.5) is 4.79 Å². The van der Waals surface area contributed by atoms with Gasteiger partial charge < -0.3 is 15.3 Å². The number of carbonyl (C=O) groups excluding carboxylic acids is 2. The van der Waals surface area contributed by atoms with Gasteiger partial charge in [-0.1, -0.05) is 0 Å². The summed E-state index contributed by atoms with van der Waals surface area (Å²) in [5.74, 6) is -0.581. The van der Waals surface area contributed by atoms with Crippen molar-refractivity contribution in [1.29, 1.82) is 0 Å². The molecule has 0 aliphatic heterocycles. The van der Waals surface area contributed by atoms with Crippen LogP contribution in [0.1, 0.15) is 13.8 Å². The highest BCUT2D eigenvalue weighted by atomic mass is 16.8. The lowest BCUT2D eigenvalue weighted by Gasteiger charge is -2.06. The Hall–Kier alpha value is -1.30. The summed E-state index contributed by atoms with van der Waals surface area (Å²) in [5.41, 5.74) is 6.98. The van der Waals surface area contributed by atoms with Crippen LogP contribution >= 0.6 is 0 Å². The Morgan fingerprint density at radius 3 is 2.58 bits per heavy atom. The fourth-order valence-corrected chi connectivity index (χ4v) is 0.332. The van der Waals surface area contributed by atoms with E-state index in [1.165, 1.54) is 6.92 Å². The predicted octanol–water partition coefficient (Wildman–Crippen LogP) is -0.462. The van der Waals surface area contributed by atoms with E-state index < -0.39 is 18.1 Å². The van der Waals surface area contributed by atoms with E-state index in [0.717, 1.165) is 0 Å². The van der Waals surface area contributed by atoms with Crippen LogP contribution in [0.2, 0.25) is 0 Å². The van der Waals surface area contributed by atoms with Gasteiger partial charge in [0.2, 0.25) is 0 Å². The van der Waals surface area contributed by atoms with Crippen molar-refractivity contribution in [1.82, 2.24) is 5.48 Å². The first-order valence-electron chi connectivity index (χ1n) is 3.47. The first-order valence-corrected chi connectivity index (χ1v) is 3.47. The van der Waals surface area contributed by atoms with Crippen LogP contribution in [0.25, 0.3) is 0 Å². The summed E-state index contributed by atoms with van der Waals surface area (Å²) in [6, 6.07) is -0.723. The molecule has 0 radical (unpaired) electrons. The van der Waals surface area contributed by atoms with Crippen LogP contribution in [0.5, 0.6) is 0 Å². The first-order chi connectivity index (χ1) is 5.57. The highest BCUT2D eigenvalue weighted by molar-refractivity contribution is 5.81. The molecule has 12 heavy (non-hydrogen) atoms. The highest BCUT2D eigenvalue weighted by Gasteiger charge is 2.10. The monoisotopic (exact) mass is 176 g/mol. The number of carbonyl (C=O) groups is 2. The van der Waals surface area contributed by atoms with Crippen LogP contribution in [0.15, 0.2) is 0 Å². The van der Waals surface area contributed by atoms with E-state index in [4.69, 9.17) is 5.73 Å². The van der Waals surface area contributed by atoms with E-state index in [1.54, 1.807) is 6.92 Å². The minimum atomic E-state index is -0.952. The maximum atomic E-state index is 10.7. The van der Waals surface area contributed by atoms with Gasteiger partial charge in [-0.2, -0.15) is 5.48 Å². The van der Waals surface area contributed by atoms with Crippen LogP contribution in [-0.2, 0) is 14.4 Å². The minimum Gasteiger partial charge on any atom is -0.433 e. The summed E-state index contributed by atoms with van der Waals surface area (Å²) in [6.07, 6.45) is -0.952. The second-order valence-corrected chi connectivity index (χ2v) is 2.04. The molecule has 0 aliphatic rings. The van der Waals surface area contributed by atoms with Gasteiger partial charge in [0, 0.05) is 0 Å². The predicted molar refractivity (Wildman–Crippen MR) is 39.9 cm³/mol. The molecule has 0 saturated carbocycles. The van der Waals surface area contributed by atoms with Crippen molar-refractivity contribution in [3.63, 3.8) is 0 Å². The summed E-state index contributed by atoms with van der Waals surface area (Å²) < 4.78 is 4.36. The second kappa shape index (κ2) is 5.36. The zero-order chi connectivity index (χ0) is 9.56. The van der Waals surface area contributed by atoms with Crippen molar-refractivity contribution in [3.8, 4) is 0 Å². The second-order valence-electron chi connectivity index (χ2n) is 2.04. The molecule has 6 nitrogen and oxygen atoms in total. The number of nitrogens with two attached hydrogens (primary N) is 1. The lowest BCUT2D eigenvalue weighted by atomic mass is 10.4. The van der Waals surface area contributed by atoms with Gasteiger partial charge in [0.1, 0.15) is 0 Å². The molecule has 0 aromatic carbocycles. The summed E-state index contributed by atoms with van der Waals surface area (Å²) in [4.78, 5) is 25.3. The minimum absolute atomic E-state index is 0.187. The Labute approximate surface area is 70.0 Å². The number of hydrogen-bond donors (Lipinski definition) is 2. The maximum absolute atomic E-state index is 10.7. The van der Waals surface area contributed by atoms with Crippen molar-refractivity contribution in [2.45, 2.75) is 19.9 Å². The molecule has 0 saturated heterocycles. The van der Waals surface area contributed by atoms with Gasteiger partial charge in [-0.05, 0) is 13.8 Å². The number of hydrogen-bond acceptors (Lipinski definition) is 5. The zero-order valence-corrected chi connectivity index (χ0v) is 6.99. The number of ether oxygens (including phenoxy) is 1. The number of rotatable bonds is 2. The third kappa shape index (κ3) is 4.51. The van der Waals surface area contributed by atoms with Crippen molar-refractivity contribution >= 4 is 12.1 Å². The molecule has 0 aromatic rings. The van der Waals surface area contributed by atoms with Gasteiger partial charge in [-0.25, -0.2) is 4.79 Å². The van der Waals surface area contributed by atoms with E-state index in [9.17, 15) is 9.59 Å². The zero-order valence-electron chi connectivity index (χ0n) is 6.99. The van der Waals surface area contributed by atoms with Crippen molar-refractivity contribution < 1.29 is 19.2 Å². The van der Waals surface area contributed by atoms with Crippen LogP contribution in [-0.4, -0.2) is 24.7 Å². The third-order valence-corrected chi connectivity index (χ3v) is 0.911. The van der Waals surface area contributed by atoms with Crippen molar-refractivity contribution in [2.24, 2.45) is 5.73 Å². The van der Waals surface area contributed by atoms with Gasteiger partial charge >= 0.3 is 6.16 Å². The topological polar surface area (TPSA) is 90.6 Å². The molecule has 0 heterocycles. The Kier molecular flexibility index (Phi) is 4.78. The molecule has 0 fully saturated rings. The van der Waals surface area contributed by atoms with Crippen LogP contribution in [0.3, 0.4) is 0 Å². The fourth-order valence-electron chi connectivity index (χ4n) is 0.332. The third-order valence-electron chi connectivity index (χ3n) is 0.911. The quantitative estimate of drug-likeness (QED) is 0.438. The van der Waals surface area contributed by atoms with Gasteiger partial charge in [-0.3, -0.25) is 4.79 Å². The molecule has 1 atom stereocenters. The first kappa shape index (κ1) is 10.7. The summed E-state index contributed by atoms with van der Waals surface area (Å²) >= 11 is 0. The summed E-state index contributed by atoms with van der Waals surface area (Å²) in [5, 5.41) is 0. The van der Waals surface area contributed by atoms with Crippen molar-refractivity contribution in [2.75, 3.05) is 6.61 Å². The van der Waals surface area contributed by atoms with Crippen LogP contribution in [0, 0.1) is 0 Å². The molecular weight excluding hydrogens is 164 g/mol. The molecule has 0 aromatic heterocycles. The highest BCUT2D eigenvalue weighted by Crippen LogP contribution is 1.82. The summed E-state index contributed by atoms with van der Waals surface area (Å²) in [7, 11) is 0. The molecular formula is C6H12N2O4. The molecule has 6 heteroatoms. The van der Waals surface area contributed by atoms with E-state index in [0.29, 0.717) is 0 Å². The molecule has 3 N–H and O–H groups in total. The molecule has 0 bridgehead atoms. The van der Waals surface area contributed by atoms with E-state index in [1.807, 2.05) is 5.48 Å². The SMILES string of the molecule is CCOC(=O)ONC(=O)C(C)N. The molecule has 0 spiro atoms. The molecule has 1 amide bonds. The Morgan fingerprint density at radius 1 is 1.58 bits per heavy atom. The lowest BCUT2D eigenvalue weighted by Crippen LogP contribution is -2.39. The molecule has 0 aliphatic carbocycles. The van der Waals surface area contributed by atoms with Gasteiger partial charge in [0.15, 0.2) is 0 Å². The average Bonchev–Trinajstić information content (AvgIpc) is 2.00. The Balaban J connectivity index is 3.54. The van der Waals surface area contributed by atoms with Gasteiger partial charge in [0.25, 0.3) is 5.91 Å². The maximum Gasteiger partial charge on any atom is 0.533 e. The molecule has 0 rings (SSSR count). The summed E-state index contributed by atoms with van der Waals surface area (Å²) in [6.45, 7) is 3.27. The number of amides is 1. The van der Waals surface area contributed by atoms with Crippen molar-refractivity contribution in [3.05, 3.63) is 0 Å². The number of nitrogens with one attached hydrogen (secondary N) is 1. The van der Waals surface area contributed by atoms with E-state index >= 15 is 0 Å². The largest absolute Gasteiger partial charge is 0.533 e. The number of hydroxylamine groups is 1. The van der Waals surface area contributed by atoms with E-state index in [2.05, 4.69) is 9.57 Å². The standard InChI is InChI=1S/C6H12N2O4/c1-3-11-6(10)12-8-5(9)4(2)7/h4H,3,7H2,1-2H3,(H,8,9). The average molecular weight is 176 g/mol. The lowest BCUT2D eigenvalue weighted by molar-refractivity contribution is -0.132. The molecule has 1 unspecified atom stereocenters. The Morgan fingerprint density at radius 2 is 2.17 bits per heavy atom. The molecule has 70 valence electrons. The van der Waals surface area contributed by atoms with E-state index in [-0.39, 0.29) is 6.61 Å². The normalized spacial score (nSPS) is 11.6. The smallest absolute Gasteiger partial charge is 0.433 e.